The lowest BCUT2D eigenvalue weighted by Gasteiger charge is -2.24. The Labute approximate surface area is 78.0 Å². The van der Waals surface area contributed by atoms with E-state index in [9.17, 15) is 0 Å². The zero-order valence-corrected chi connectivity index (χ0v) is 8.69. The smallest absolute Gasteiger partial charge is 0.0409 e. The fourth-order valence-corrected chi connectivity index (χ4v) is 2.16. The van der Waals surface area contributed by atoms with Crippen LogP contribution >= 0.6 is 11.5 Å². The van der Waals surface area contributed by atoms with Gasteiger partial charge in [0, 0.05) is 22.5 Å². The minimum Gasteiger partial charge on any atom is -0.328 e. The Bertz CT molecular complexity index is 227. The summed E-state index contributed by atoms with van der Waals surface area (Å²) in [6.07, 6.45) is 2.86. The Kier molecular flexibility index (Phi) is 2.85. The molecule has 1 rings (SSSR count). The summed E-state index contributed by atoms with van der Waals surface area (Å²) in [6, 6.07) is 2.33. The zero-order chi connectivity index (χ0) is 9.19. The molecule has 0 aliphatic heterocycles. The van der Waals surface area contributed by atoms with Crippen LogP contribution in [0.3, 0.4) is 0 Å². The lowest BCUT2D eigenvalue weighted by atomic mass is 9.85. The van der Waals surface area contributed by atoms with Crippen LogP contribution in [0, 0.1) is 0 Å². The molecule has 0 bridgehead atoms. The average Bonchev–Trinajstić information content (AvgIpc) is 2.32. The highest BCUT2D eigenvalue weighted by atomic mass is 32.1. The van der Waals surface area contributed by atoms with Gasteiger partial charge < -0.3 is 5.73 Å². The molecule has 0 saturated heterocycles. The Morgan fingerprint density at radius 3 is 2.75 bits per heavy atom. The molecular weight excluding hydrogens is 168 g/mol. The lowest BCUT2D eigenvalue weighted by molar-refractivity contribution is 0.445. The SMILES string of the molecule is CC(N)CC(C)(C)c1ccns1. The molecule has 3 heteroatoms. The second-order valence-corrected chi connectivity index (χ2v) is 4.78. The van der Waals surface area contributed by atoms with E-state index < -0.39 is 0 Å². The summed E-state index contributed by atoms with van der Waals surface area (Å²) in [5.74, 6) is 0. The quantitative estimate of drug-likeness (QED) is 0.782. The third-order valence-corrected chi connectivity index (χ3v) is 3.05. The van der Waals surface area contributed by atoms with Crippen LogP contribution in [0.2, 0.25) is 0 Å². The van der Waals surface area contributed by atoms with Gasteiger partial charge in [-0.05, 0) is 30.9 Å². The highest BCUT2D eigenvalue weighted by Crippen LogP contribution is 2.29. The molecule has 0 aromatic carbocycles. The molecule has 68 valence electrons. The second-order valence-electron chi connectivity index (χ2n) is 3.94. The summed E-state index contributed by atoms with van der Waals surface area (Å²) in [4.78, 5) is 1.32. The maximum atomic E-state index is 5.77. The van der Waals surface area contributed by atoms with Crippen LogP contribution in [0.1, 0.15) is 32.1 Å². The topological polar surface area (TPSA) is 38.9 Å². The molecule has 0 saturated carbocycles. The normalized spacial score (nSPS) is 14.7. The number of hydrogen-bond donors (Lipinski definition) is 1. The van der Waals surface area contributed by atoms with Gasteiger partial charge in [-0.15, -0.1) is 0 Å². The van der Waals surface area contributed by atoms with E-state index >= 15 is 0 Å². The molecule has 1 heterocycles. The van der Waals surface area contributed by atoms with Crippen LogP contribution in [0.15, 0.2) is 12.3 Å². The van der Waals surface area contributed by atoms with Crippen LogP contribution in [-0.2, 0) is 5.41 Å². The first-order valence-electron chi connectivity index (χ1n) is 4.19. The summed E-state index contributed by atoms with van der Waals surface area (Å²) in [6.45, 7) is 6.47. The van der Waals surface area contributed by atoms with E-state index in [0.29, 0.717) is 0 Å². The molecule has 12 heavy (non-hydrogen) atoms. The van der Waals surface area contributed by atoms with E-state index in [1.807, 2.05) is 13.1 Å². The third kappa shape index (κ3) is 2.29. The van der Waals surface area contributed by atoms with E-state index in [-0.39, 0.29) is 11.5 Å². The van der Waals surface area contributed by atoms with Gasteiger partial charge in [-0.3, -0.25) is 0 Å². The summed E-state index contributed by atoms with van der Waals surface area (Å²) < 4.78 is 4.10. The van der Waals surface area contributed by atoms with Crippen LogP contribution < -0.4 is 5.73 Å². The molecule has 1 atom stereocenters. The van der Waals surface area contributed by atoms with E-state index in [0.717, 1.165) is 6.42 Å². The van der Waals surface area contributed by atoms with Gasteiger partial charge in [0.1, 0.15) is 0 Å². The first kappa shape index (κ1) is 9.68. The molecule has 0 spiro atoms. The maximum absolute atomic E-state index is 5.77. The van der Waals surface area contributed by atoms with Crippen LogP contribution in [0.25, 0.3) is 0 Å². The Hall–Kier alpha value is -0.410. The fraction of sp³-hybridized carbons (Fsp3) is 0.667. The maximum Gasteiger partial charge on any atom is 0.0409 e. The number of rotatable bonds is 3. The number of aromatic nitrogens is 1. The van der Waals surface area contributed by atoms with Crippen molar-refractivity contribution in [1.29, 1.82) is 0 Å². The largest absolute Gasteiger partial charge is 0.328 e. The van der Waals surface area contributed by atoms with Crippen molar-refractivity contribution in [2.75, 3.05) is 0 Å². The lowest BCUT2D eigenvalue weighted by Crippen LogP contribution is -2.27. The number of nitrogens with two attached hydrogens (primary N) is 1. The molecule has 1 unspecified atom stereocenters. The van der Waals surface area contributed by atoms with Gasteiger partial charge in [0.25, 0.3) is 0 Å². The summed E-state index contributed by atoms with van der Waals surface area (Å²) in [5, 5.41) is 0. The summed E-state index contributed by atoms with van der Waals surface area (Å²) in [7, 11) is 0. The molecule has 0 radical (unpaired) electrons. The van der Waals surface area contributed by atoms with Crippen molar-refractivity contribution in [2.45, 2.75) is 38.6 Å². The minimum atomic E-state index is 0.176. The van der Waals surface area contributed by atoms with E-state index in [1.165, 1.54) is 4.88 Å². The molecular formula is C9H16N2S. The van der Waals surface area contributed by atoms with Crippen molar-refractivity contribution >= 4 is 11.5 Å². The van der Waals surface area contributed by atoms with Crippen LogP contribution in [0.5, 0.6) is 0 Å². The second kappa shape index (κ2) is 3.54. The Morgan fingerprint density at radius 2 is 2.33 bits per heavy atom. The van der Waals surface area contributed by atoms with Crippen molar-refractivity contribution in [3.05, 3.63) is 17.1 Å². The summed E-state index contributed by atoms with van der Waals surface area (Å²) in [5.41, 5.74) is 5.94. The van der Waals surface area contributed by atoms with E-state index in [2.05, 4.69) is 24.3 Å². The van der Waals surface area contributed by atoms with E-state index in [1.54, 1.807) is 11.5 Å². The van der Waals surface area contributed by atoms with Crippen LogP contribution in [0.4, 0.5) is 0 Å². The highest BCUT2D eigenvalue weighted by Gasteiger charge is 2.23. The molecule has 0 aliphatic rings. The highest BCUT2D eigenvalue weighted by molar-refractivity contribution is 7.05. The van der Waals surface area contributed by atoms with Crippen molar-refractivity contribution in [3.63, 3.8) is 0 Å². The zero-order valence-electron chi connectivity index (χ0n) is 7.87. The average molecular weight is 184 g/mol. The standard InChI is InChI=1S/C9H16N2S/c1-7(10)6-9(2,3)8-4-5-11-12-8/h4-5,7H,6,10H2,1-3H3. The molecule has 2 nitrogen and oxygen atoms in total. The number of hydrogen-bond acceptors (Lipinski definition) is 3. The third-order valence-electron chi connectivity index (χ3n) is 1.94. The first-order valence-corrected chi connectivity index (χ1v) is 4.96. The molecule has 0 aliphatic carbocycles. The number of nitrogens with zero attached hydrogens (tertiary/aromatic N) is 1. The van der Waals surface area contributed by atoms with Crippen molar-refractivity contribution in [3.8, 4) is 0 Å². The van der Waals surface area contributed by atoms with Gasteiger partial charge in [0.15, 0.2) is 0 Å². The fourth-order valence-electron chi connectivity index (χ4n) is 1.47. The van der Waals surface area contributed by atoms with Gasteiger partial charge in [-0.1, -0.05) is 13.8 Å². The predicted molar refractivity (Wildman–Crippen MR) is 53.4 cm³/mol. The van der Waals surface area contributed by atoms with Gasteiger partial charge in [0.05, 0.1) is 0 Å². The predicted octanol–water partition coefficient (Wildman–Crippen LogP) is 2.16. The van der Waals surface area contributed by atoms with Crippen LogP contribution in [-0.4, -0.2) is 10.4 Å². The monoisotopic (exact) mass is 184 g/mol. The van der Waals surface area contributed by atoms with Crippen molar-refractivity contribution in [1.82, 2.24) is 4.37 Å². The molecule has 0 fully saturated rings. The van der Waals surface area contributed by atoms with Gasteiger partial charge in [0.2, 0.25) is 0 Å². The molecule has 1 aromatic rings. The van der Waals surface area contributed by atoms with E-state index in [4.69, 9.17) is 5.73 Å². The van der Waals surface area contributed by atoms with Crippen molar-refractivity contribution in [2.24, 2.45) is 5.73 Å². The van der Waals surface area contributed by atoms with Gasteiger partial charge in [-0.25, -0.2) is 4.37 Å². The van der Waals surface area contributed by atoms with Gasteiger partial charge >= 0.3 is 0 Å². The molecule has 0 amide bonds. The minimum absolute atomic E-state index is 0.176. The first-order chi connectivity index (χ1) is 5.52. The van der Waals surface area contributed by atoms with Crippen molar-refractivity contribution < 1.29 is 0 Å². The molecule has 1 aromatic heterocycles. The summed E-state index contributed by atoms with van der Waals surface area (Å²) >= 11 is 1.57. The molecule has 2 N–H and O–H groups in total. The Balaban J connectivity index is 2.72. The Morgan fingerprint density at radius 1 is 1.67 bits per heavy atom. The van der Waals surface area contributed by atoms with Gasteiger partial charge in [-0.2, -0.15) is 0 Å².